The summed E-state index contributed by atoms with van der Waals surface area (Å²) < 4.78 is 6.50. The van der Waals surface area contributed by atoms with Gasteiger partial charge in [0.05, 0.1) is 18.1 Å². The standard InChI is InChI=1S/C20H22N4O3/c1-3-18-23-16-6-4-5-7-17(16)24(18)13-19(25)21-12-14-8-10-15(11-9-14)22-20(26)27-2/h4-11H,3,12-13H2,1-2H3,(H,21,25)(H,22,26). The summed E-state index contributed by atoms with van der Waals surface area (Å²) in [5, 5.41) is 5.51. The fourth-order valence-corrected chi connectivity index (χ4v) is 2.85. The van der Waals surface area contributed by atoms with Gasteiger partial charge in [-0.15, -0.1) is 0 Å². The Kier molecular flexibility index (Phi) is 5.71. The van der Waals surface area contributed by atoms with Gasteiger partial charge in [0.1, 0.15) is 12.4 Å². The minimum atomic E-state index is -0.518. The number of aromatic nitrogens is 2. The number of carbonyl (C=O) groups excluding carboxylic acids is 2. The largest absolute Gasteiger partial charge is 0.453 e. The van der Waals surface area contributed by atoms with Crippen molar-refractivity contribution >= 4 is 28.7 Å². The highest BCUT2D eigenvalue weighted by Crippen LogP contribution is 2.16. The number of nitrogens with zero attached hydrogens (tertiary/aromatic N) is 2. The monoisotopic (exact) mass is 366 g/mol. The van der Waals surface area contributed by atoms with E-state index in [2.05, 4.69) is 20.4 Å². The Morgan fingerprint density at radius 2 is 1.85 bits per heavy atom. The van der Waals surface area contributed by atoms with Gasteiger partial charge in [-0.25, -0.2) is 9.78 Å². The second-order valence-corrected chi connectivity index (χ2v) is 6.05. The molecule has 140 valence electrons. The molecule has 0 fully saturated rings. The van der Waals surface area contributed by atoms with Crippen molar-refractivity contribution in [2.45, 2.75) is 26.4 Å². The number of para-hydroxylation sites is 2. The molecule has 3 aromatic rings. The van der Waals surface area contributed by atoms with Crippen LogP contribution in [0.5, 0.6) is 0 Å². The van der Waals surface area contributed by atoms with Crippen molar-refractivity contribution in [1.29, 1.82) is 0 Å². The number of anilines is 1. The van der Waals surface area contributed by atoms with Crippen molar-refractivity contribution in [1.82, 2.24) is 14.9 Å². The number of nitrogens with one attached hydrogen (secondary N) is 2. The summed E-state index contributed by atoms with van der Waals surface area (Å²) in [6.07, 6.45) is 0.242. The normalized spacial score (nSPS) is 10.6. The Balaban J connectivity index is 1.61. The number of ether oxygens (including phenoxy) is 1. The van der Waals surface area contributed by atoms with Crippen molar-refractivity contribution in [2.24, 2.45) is 0 Å². The molecule has 0 spiro atoms. The molecule has 2 aromatic carbocycles. The highest BCUT2D eigenvalue weighted by Gasteiger charge is 2.12. The van der Waals surface area contributed by atoms with Gasteiger partial charge in [0.2, 0.25) is 5.91 Å². The predicted molar refractivity (Wildman–Crippen MR) is 103 cm³/mol. The van der Waals surface area contributed by atoms with E-state index in [-0.39, 0.29) is 12.5 Å². The van der Waals surface area contributed by atoms with Gasteiger partial charge in [-0.1, -0.05) is 31.2 Å². The van der Waals surface area contributed by atoms with Crippen molar-refractivity contribution in [3.05, 3.63) is 59.9 Å². The highest BCUT2D eigenvalue weighted by atomic mass is 16.5. The maximum absolute atomic E-state index is 12.4. The lowest BCUT2D eigenvalue weighted by Crippen LogP contribution is -2.27. The number of methoxy groups -OCH3 is 1. The number of amides is 2. The van der Waals surface area contributed by atoms with E-state index in [1.807, 2.05) is 47.9 Å². The first-order valence-corrected chi connectivity index (χ1v) is 8.75. The van der Waals surface area contributed by atoms with E-state index < -0.39 is 6.09 Å². The molecule has 7 nitrogen and oxygen atoms in total. The number of aryl methyl sites for hydroxylation is 1. The lowest BCUT2D eigenvalue weighted by atomic mass is 10.2. The van der Waals surface area contributed by atoms with Gasteiger partial charge >= 0.3 is 6.09 Å². The molecule has 0 saturated carbocycles. The van der Waals surface area contributed by atoms with Gasteiger partial charge in [-0.05, 0) is 29.8 Å². The van der Waals surface area contributed by atoms with E-state index in [1.54, 1.807) is 12.1 Å². The summed E-state index contributed by atoms with van der Waals surface area (Å²) in [6, 6.07) is 15.0. The predicted octanol–water partition coefficient (Wildman–Crippen LogP) is 3.09. The second-order valence-electron chi connectivity index (χ2n) is 6.05. The van der Waals surface area contributed by atoms with Crippen LogP contribution in [0.4, 0.5) is 10.5 Å². The van der Waals surface area contributed by atoms with E-state index in [1.165, 1.54) is 7.11 Å². The molecule has 1 heterocycles. The number of hydrogen-bond donors (Lipinski definition) is 2. The van der Waals surface area contributed by atoms with Gasteiger partial charge in [0.25, 0.3) is 0 Å². The number of rotatable bonds is 6. The summed E-state index contributed by atoms with van der Waals surface area (Å²) in [6.45, 7) is 2.66. The van der Waals surface area contributed by atoms with E-state index in [0.29, 0.717) is 12.2 Å². The number of benzene rings is 2. The van der Waals surface area contributed by atoms with E-state index >= 15 is 0 Å². The number of fused-ring (bicyclic) bond motifs is 1. The number of carbonyl (C=O) groups is 2. The van der Waals surface area contributed by atoms with Gasteiger partial charge in [0, 0.05) is 18.7 Å². The van der Waals surface area contributed by atoms with E-state index in [4.69, 9.17) is 0 Å². The minimum absolute atomic E-state index is 0.0791. The quantitative estimate of drug-likeness (QED) is 0.702. The molecule has 0 aliphatic carbocycles. The molecule has 0 atom stereocenters. The third-order valence-corrected chi connectivity index (χ3v) is 4.23. The molecule has 0 aliphatic heterocycles. The van der Waals surface area contributed by atoms with Gasteiger partial charge in [-0.2, -0.15) is 0 Å². The highest BCUT2D eigenvalue weighted by molar-refractivity contribution is 5.84. The van der Waals surface area contributed by atoms with Crippen molar-refractivity contribution in [3.8, 4) is 0 Å². The first kappa shape index (κ1) is 18.4. The second kappa shape index (κ2) is 8.35. The van der Waals surface area contributed by atoms with Gasteiger partial charge < -0.3 is 14.6 Å². The van der Waals surface area contributed by atoms with Crippen molar-refractivity contribution < 1.29 is 14.3 Å². The first-order valence-electron chi connectivity index (χ1n) is 8.75. The van der Waals surface area contributed by atoms with Gasteiger partial charge in [-0.3, -0.25) is 10.1 Å². The zero-order valence-electron chi connectivity index (χ0n) is 15.4. The Morgan fingerprint density at radius 1 is 1.11 bits per heavy atom. The SMILES string of the molecule is CCc1nc2ccccc2n1CC(=O)NCc1ccc(NC(=O)OC)cc1. The Bertz CT molecular complexity index is 948. The minimum Gasteiger partial charge on any atom is -0.453 e. The Labute approximate surface area is 157 Å². The van der Waals surface area contributed by atoms with Crippen molar-refractivity contribution in [3.63, 3.8) is 0 Å². The van der Waals surface area contributed by atoms with Crippen LogP contribution < -0.4 is 10.6 Å². The summed E-state index contributed by atoms with van der Waals surface area (Å²) in [5.74, 6) is 0.814. The molecule has 0 bridgehead atoms. The van der Waals surface area contributed by atoms with Crippen LogP contribution in [-0.4, -0.2) is 28.7 Å². The molecule has 1 aromatic heterocycles. The van der Waals surface area contributed by atoms with Crippen LogP contribution in [0.25, 0.3) is 11.0 Å². The van der Waals surface area contributed by atoms with E-state index in [9.17, 15) is 9.59 Å². The zero-order valence-corrected chi connectivity index (χ0v) is 15.4. The van der Waals surface area contributed by atoms with Crippen LogP contribution in [0.2, 0.25) is 0 Å². The average molecular weight is 366 g/mol. The van der Waals surface area contributed by atoms with E-state index in [0.717, 1.165) is 28.8 Å². The summed E-state index contributed by atoms with van der Waals surface area (Å²) in [4.78, 5) is 28.2. The molecule has 3 rings (SSSR count). The summed E-state index contributed by atoms with van der Waals surface area (Å²) in [5.41, 5.74) is 3.43. The number of hydrogen-bond acceptors (Lipinski definition) is 4. The van der Waals surface area contributed by atoms with Crippen LogP contribution in [0, 0.1) is 0 Å². The van der Waals surface area contributed by atoms with Crippen LogP contribution >= 0.6 is 0 Å². The lowest BCUT2D eigenvalue weighted by Gasteiger charge is -2.10. The Morgan fingerprint density at radius 3 is 2.56 bits per heavy atom. The van der Waals surface area contributed by atoms with Crippen LogP contribution in [0.1, 0.15) is 18.3 Å². The molecule has 0 saturated heterocycles. The molecule has 2 N–H and O–H groups in total. The molecular formula is C20H22N4O3. The summed E-state index contributed by atoms with van der Waals surface area (Å²) in [7, 11) is 1.31. The zero-order chi connectivity index (χ0) is 19.2. The summed E-state index contributed by atoms with van der Waals surface area (Å²) >= 11 is 0. The lowest BCUT2D eigenvalue weighted by molar-refractivity contribution is -0.121. The van der Waals surface area contributed by atoms with Crippen molar-refractivity contribution in [2.75, 3.05) is 12.4 Å². The topological polar surface area (TPSA) is 85.3 Å². The first-order chi connectivity index (χ1) is 13.1. The third kappa shape index (κ3) is 4.44. The molecule has 0 aliphatic rings. The smallest absolute Gasteiger partial charge is 0.411 e. The molecule has 0 radical (unpaired) electrons. The van der Waals surface area contributed by atoms with Crippen LogP contribution in [0.3, 0.4) is 0 Å². The molecule has 0 unspecified atom stereocenters. The third-order valence-electron chi connectivity index (χ3n) is 4.23. The number of imidazole rings is 1. The molecule has 2 amide bonds. The molecule has 27 heavy (non-hydrogen) atoms. The van der Waals surface area contributed by atoms with Crippen LogP contribution in [-0.2, 0) is 29.0 Å². The fourth-order valence-electron chi connectivity index (χ4n) is 2.85. The maximum Gasteiger partial charge on any atom is 0.411 e. The average Bonchev–Trinajstić information content (AvgIpc) is 3.05. The fraction of sp³-hybridized carbons (Fsp3) is 0.250. The van der Waals surface area contributed by atoms with Crippen LogP contribution in [0.15, 0.2) is 48.5 Å². The molecule has 7 heteroatoms. The van der Waals surface area contributed by atoms with Gasteiger partial charge in [0.15, 0.2) is 0 Å². The maximum atomic E-state index is 12.4. The Hall–Kier alpha value is -3.35. The molecular weight excluding hydrogens is 344 g/mol.